The van der Waals surface area contributed by atoms with Crippen LogP contribution in [0.4, 0.5) is 0 Å². The first-order valence-electron chi connectivity index (χ1n) is 15.7. The number of hydrogen-bond acceptors (Lipinski definition) is 7. The van der Waals surface area contributed by atoms with Gasteiger partial charge in [0.05, 0.1) is 47.8 Å². The minimum Gasteiger partial charge on any atom is -0.497 e. The molecule has 0 spiro atoms. The van der Waals surface area contributed by atoms with Crippen LogP contribution < -0.4 is 25.1 Å². The summed E-state index contributed by atoms with van der Waals surface area (Å²) in [6.07, 6.45) is -0.495. The van der Waals surface area contributed by atoms with Crippen molar-refractivity contribution in [3.8, 4) is 28.5 Å². The van der Waals surface area contributed by atoms with Crippen LogP contribution >= 0.6 is 0 Å². The van der Waals surface area contributed by atoms with E-state index in [1.807, 2.05) is 59.4 Å². The van der Waals surface area contributed by atoms with Crippen LogP contribution in [0, 0.1) is 0 Å². The quantitative estimate of drug-likeness (QED) is 0.211. The summed E-state index contributed by atoms with van der Waals surface area (Å²) in [5.41, 5.74) is 3.85. The highest BCUT2D eigenvalue weighted by Gasteiger charge is 2.52. The Hall–Kier alpha value is -3.43. The average molecular weight is 624 g/mol. The molecule has 3 heterocycles. The fraction of sp³-hybridized carbons (Fsp3) is 0.444. The van der Waals surface area contributed by atoms with Crippen LogP contribution in [0.25, 0.3) is 22.2 Å². The Morgan fingerprint density at radius 2 is 1.43 bits per heavy atom. The smallest absolute Gasteiger partial charge is 0.494 e. The maximum atomic E-state index is 6.88. The monoisotopic (exact) mass is 624 g/mol. The first-order chi connectivity index (χ1) is 21.6. The first kappa shape index (κ1) is 32.5. The molecule has 6 rings (SSSR count). The molecule has 0 aliphatic carbocycles. The Kier molecular flexibility index (Phi) is 8.04. The Labute approximate surface area is 273 Å². The number of fused-ring (bicyclic) bond motifs is 5. The predicted molar refractivity (Wildman–Crippen MR) is 183 cm³/mol. The van der Waals surface area contributed by atoms with Crippen molar-refractivity contribution in [2.24, 2.45) is 0 Å². The summed E-state index contributed by atoms with van der Waals surface area (Å²) in [5.74, 6) is 2.11. The predicted octanol–water partition coefficient (Wildman–Crippen LogP) is 6.03. The Morgan fingerprint density at radius 3 is 2.04 bits per heavy atom. The average Bonchev–Trinajstić information content (AvgIpc) is 3.51. The highest BCUT2D eigenvalue weighted by Crippen LogP contribution is 2.45. The molecule has 46 heavy (non-hydrogen) atoms. The van der Waals surface area contributed by atoms with E-state index >= 15 is 0 Å². The van der Waals surface area contributed by atoms with E-state index in [0.29, 0.717) is 11.5 Å². The van der Waals surface area contributed by atoms with E-state index in [-0.39, 0.29) is 0 Å². The third-order valence-electron chi connectivity index (χ3n) is 10.3. The third-order valence-corrected chi connectivity index (χ3v) is 10.3. The number of nitrogens with zero attached hydrogens (tertiary/aromatic N) is 1. The van der Waals surface area contributed by atoms with Gasteiger partial charge in [-0.25, -0.2) is 0 Å². The molecule has 0 saturated carbocycles. The summed E-state index contributed by atoms with van der Waals surface area (Å²) in [6, 6.07) is 20.5. The molecule has 241 valence electrons. The molecule has 0 amide bonds. The Bertz CT molecular complexity index is 1740. The molecule has 4 aromatic rings. The van der Waals surface area contributed by atoms with Crippen molar-refractivity contribution in [1.29, 1.82) is 0 Å². The molecule has 8 nitrogen and oxygen atoms in total. The summed E-state index contributed by atoms with van der Waals surface area (Å²) in [5, 5.41) is 1.06. The van der Waals surface area contributed by atoms with E-state index < -0.39 is 35.8 Å². The molecule has 10 heteroatoms. The number of methoxy groups -OCH3 is 3. The van der Waals surface area contributed by atoms with E-state index in [9.17, 15) is 0 Å². The maximum Gasteiger partial charge on any atom is 0.494 e. The molecule has 1 radical (unpaired) electrons. The zero-order chi connectivity index (χ0) is 33.2. The van der Waals surface area contributed by atoms with Gasteiger partial charge in [0.25, 0.3) is 0 Å². The van der Waals surface area contributed by atoms with Crippen LogP contribution in [0.2, 0.25) is 0 Å². The van der Waals surface area contributed by atoms with Gasteiger partial charge in [-0.15, -0.1) is 0 Å². The van der Waals surface area contributed by atoms with Crippen LogP contribution in [0.3, 0.4) is 0 Å². The lowest BCUT2D eigenvalue weighted by atomic mass is 9.78. The van der Waals surface area contributed by atoms with Gasteiger partial charge < -0.3 is 37.5 Å². The number of aromatic nitrogens is 1. The summed E-state index contributed by atoms with van der Waals surface area (Å²) < 4.78 is 45.1. The lowest BCUT2D eigenvalue weighted by Gasteiger charge is -2.40. The highest BCUT2D eigenvalue weighted by atomic mass is 16.7. The van der Waals surface area contributed by atoms with Gasteiger partial charge in [-0.05, 0) is 103 Å². The first-order valence-corrected chi connectivity index (χ1v) is 15.7. The van der Waals surface area contributed by atoms with Crippen molar-refractivity contribution < 1.29 is 32.9 Å². The highest BCUT2D eigenvalue weighted by molar-refractivity contribution is 6.62. The summed E-state index contributed by atoms with van der Waals surface area (Å²) in [6.45, 7) is 16.3. The molecule has 3 aromatic carbocycles. The molecule has 1 unspecified atom stereocenters. The summed E-state index contributed by atoms with van der Waals surface area (Å²) in [7, 11) is 6.31. The number of hydrogen-bond donors (Lipinski definition) is 0. The van der Waals surface area contributed by atoms with Gasteiger partial charge in [0.2, 0.25) is 6.23 Å². The number of ether oxygens (including phenoxy) is 4. The van der Waals surface area contributed by atoms with E-state index in [1.165, 1.54) is 0 Å². The molecular formula is C36H44B2NO7. The van der Waals surface area contributed by atoms with E-state index in [2.05, 4.69) is 68.7 Å². The maximum absolute atomic E-state index is 6.88. The van der Waals surface area contributed by atoms with Gasteiger partial charge in [0, 0.05) is 24.3 Å². The minimum atomic E-state index is -0.547. The molecule has 0 N–H and O–H groups in total. The van der Waals surface area contributed by atoms with Crippen LogP contribution in [0.15, 0.2) is 60.7 Å². The molecule has 1 saturated heterocycles. The largest absolute Gasteiger partial charge is 0.497 e. The Morgan fingerprint density at radius 1 is 0.783 bits per heavy atom. The molecule has 2 aliphatic heterocycles. The fourth-order valence-corrected chi connectivity index (χ4v) is 5.73. The Balaban J connectivity index is 1.44. The second kappa shape index (κ2) is 11.4. The van der Waals surface area contributed by atoms with Crippen LogP contribution in [-0.2, 0) is 18.7 Å². The molecule has 1 fully saturated rings. The number of rotatable bonds is 9. The molecule has 0 bridgehead atoms. The standard InChI is InChI=1S/C36H44B2NO7/c1-33(2,42-11)34(3,4)44-37-24-12-15-29-22(16-24)19-30-28-14-13-25(38-45-35(5,6)36(7,8)46-38)20-31(28)43-32(39(29)30)23-17-26(40-9)21-27(18-23)41-10/h12-21,32H,1-11H3. The summed E-state index contributed by atoms with van der Waals surface area (Å²) in [4.78, 5) is 0. The topological polar surface area (TPSA) is 69.5 Å². The van der Waals surface area contributed by atoms with Crippen molar-refractivity contribution in [3.05, 3.63) is 66.2 Å². The summed E-state index contributed by atoms with van der Waals surface area (Å²) >= 11 is 0. The van der Waals surface area contributed by atoms with Crippen LogP contribution in [-0.4, -0.2) is 62.9 Å². The lowest BCUT2D eigenvalue weighted by molar-refractivity contribution is -0.114. The lowest BCUT2D eigenvalue weighted by Crippen LogP contribution is -2.50. The third kappa shape index (κ3) is 5.49. The molecule has 1 aromatic heterocycles. The number of benzene rings is 3. The van der Waals surface area contributed by atoms with E-state index in [0.717, 1.165) is 44.4 Å². The van der Waals surface area contributed by atoms with Gasteiger partial charge in [0.1, 0.15) is 17.2 Å². The van der Waals surface area contributed by atoms with Gasteiger partial charge in [0.15, 0.2) is 0 Å². The van der Waals surface area contributed by atoms with E-state index in [4.69, 9.17) is 32.9 Å². The fourth-order valence-electron chi connectivity index (χ4n) is 5.73. The molecule has 2 aliphatic rings. The van der Waals surface area contributed by atoms with Crippen LogP contribution in [0.1, 0.15) is 67.2 Å². The van der Waals surface area contributed by atoms with Gasteiger partial charge in [-0.1, -0.05) is 23.7 Å². The second-order valence-electron chi connectivity index (χ2n) is 14.1. The zero-order valence-corrected chi connectivity index (χ0v) is 28.8. The molecular weight excluding hydrogens is 580 g/mol. The van der Waals surface area contributed by atoms with Gasteiger partial charge >= 0.3 is 14.6 Å². The second-order valence-corrected chi connectivity index (χ2v) is 14.1. The van der Waals surface area contributed by atoms with Crippen molar-refractivity contribution >= 4 is 36.4 Å². The van der Waals surface area contributed by atoms with Crippen molar-refractivity contribution in [3.63, 3.8) is 0 Å². The minimum absolute atomic E-state index is 0.451. The van der Waals surface area contributed by atoms with Crippen LogP contribution in [0.5, 0.6) is 17.2 Å². The van der Waals surface area contributed by atoms with Crippen molar-refractivity contribution in [1.82, 2.24) is 4.57 Å². The normalized spacial score (nSPS) is 18.6. The van der Waals surface area contributed by atoms with Gasteiger partial charge in [-0.3, -0.25) is 0 Å². The zero-order valence-electron chi connectivity index (χ0n) is 28.8. The van der Waals surface area contributed by atoms with Crippen molar-refractivity contribution in [2.45, 2.75) is 84.0 Å². The SMILES string of the molecule is COc1cc(OC)cc(C2Oc3cc(B4OC(C)(C)C(C)(C)O4)ccc3-c3cc4cc([B]OC(C)(C)C(C)(C)OC)ccc4n32)c1. The van der Waals surface area contributed by atoms with Crippen molar-refractivity contribution in [2.75, 3.05) is 21.3 Å². The van der Waals surface area contributed by atoms with E-state index in [1.54, 1.807) is 21.3 Å². The molecule has 1 atom stereocenters. The van der Waals surface area contributed by atoms with Gasteiger partial charge in [-0.2, -0.15) is 0 Å².